The lowest BCUT2D eigenvalue weighted by Crippen LogP contribution is -2.04. The molecular formula is C22H22N2O2. The first-order valence-electron chi connectivity index (χ1n) is 8.51. The third kappa shape index (κ3) is 3.45. The van der Waals surface area contributed by atoms with Gasteiger partial charge < -0.3 is 9.67 Å². The molecule has 0 spiro atoms. The first-order chi connectivity index (χ1) is 12.4. The number of rotatable bonds is 4. The average molecular weight is 346 g/mol. The molecule has 4 nitrogen and oxygen atoms in total. The molecule has 0 saturated carbocycles. The molecule has 1 heterocycles. The lowest BCUT2D eigenvalue weighted by atomic mass is 10.1. The van der Waals surface area contributed by atoms with Crippen molar-refractivity contribution in [3.05, 3.63) is 82.2 Å². The molecule has 0 atom stereocenters. The second kappa shape index (κ2) is 7.00. The molecule has 0 aliphatic rings. The Hall–Kier alpha value is -3.14. The molecule has 4 heteroatoms. The van der Waals surface area contributed by atoms with Gasteiger partial charge in [0.2, 0.25) is 0 Å². The van der Waals surface area contributed by atoms with Crippen LogP contribution in [0.15, 0.2) is 53.5 Å². The molecule has 0 unspecified atom stereocenters. The van der Waals surface area contributed by atoms with Crippen molar-refractivity contribution >= 4 is 17.9 Å². The van der Waals surface area contributed by atoms with Crippen molar-refractivity contribution in [2.75, 3.05) is 0 Å². The largest absolute Gasteiger partial charge is 0.478 e. The zero-order valence-corrected chi connectivity index (χ0v) is 15.4. The Labute approximate surface area is 153 Å². The Morgan fingerprint density at radius 3 is 2.31 bits per heavy atom. The first kappa shape index (κ1) is 17.7. The van der Waals surface area contributed by atoms with Gasteiger partial charge in [-0.1, -0.05) is 17.7 Å². The average Bonchev–Trinajstić information content (AvgIpc) is 2.88. The van der Waals surface area contributed by atoms with E-state index in [1.807, 2.05) is 57.3 Å². The van der Waals surface area contributed by atoms with E-state index in [0.717, 1.165) is 33.9 Å². The fraction of sp³-hybridized carbons (Fsp3) is 0.182. The Morgan fingerprint density at radius 2 is 1.69 bits per heavy atom. The first-order valence-corrected chi connectivity index (χ1v) is 8.51. The second-order valence-electron chi connectivity index (χ2n) is 6.56. The van der Waals surface area contributed by atoms with Crippen LogP contribution in [0.5, 0.6) is 0 Å². The van der Waals surface area contributed by atoms with Gasteiger partial charge in [0.15, 0.2) is 0 Å². The van der Waals surface area contributed by atoms with Gasteiger partial charge in [-0.3, -0.25) is 4.99 Å². The van der Waals surface area contributed by atoms with Gasteiger partial charge in [0.1, 0.15) is 0 Å². The third-order valence-electron chi connectivity index (χ3n) is 4.54. The van der Waals surface area contributed by atoms with Crippen LogP contribution in [0.25, 0.3) is 5.69 Å². The molecule has 3 aromatic rings. The maximum absolute atomic E-state index is 11.2. The van der Waals surface area contributed by atoms with Gasteiger partial charge in [0.25, 0.3) is 0 Å². The van der Waals surface area contributed by atoms with Gasteiger partial charge in [-0.05, 0) is 69.7 Å². The smallest absolute Gasteiger partial charge is 0.335 e. The third-order valence-corrected chi connectivity index (χ3v) is 4.54. The minimum atomic E-state index is -0.911. The van der Waals surface area contributed by atoms with E-state index < -0.39 is 5.97 Å². The molecule has 0 amide bonds. The van der Waals surface area contributed by atoms with Gasteiger partial charge in [0, 0.05) is 28.9 Å². The number of carbonyl (C=O) groups is 1. The second-order valence-corrected chi connectivity index (χ2v) is 6.56. The van der Waals surface area contributed by atoms with Gasteiger partial charge in [0.05, 0.1) is 11.3 Å². The van der Waals surface area contributed by atoms with E-state index in [1.54, 1.807) is 12.1 Å². The molecule has 0 fully saturated rings. The molecule has 2 aromatic carbocycles. The molecule has 0 aliphatic heterocycles. The molecular weight excluding hydrogens is 324 g/mol. The van der Waals surface area contributed by atoms with E-state index in [9.17, 15) is 4.79 Å². The summed E-state index contributed by atoms with van der Waals surface area (Å²) in [7, 11) is 0. The van der Waals surface area contributed by atoms with Crippen LogP contribution in [0, 0.1) is 27.7 Å². The van der Waals surface area contributed by atoms with E-state index in [-0.39, 0.29) is 0 Å². The van der Waals surface area contributed by atoms with Crippen molar-refractivity contribution in [2.45, 2.75) is 27.7 Å². The van der Waals surface area contributed by atoms with Crippen molar-refractivity contribution in [3.8, 4) is 5.69 Å². The highest BCUT2D eigenvalue weighted by molar-refractivity contribution is 5.88. The summed E-state index contributed by atoms with van der Waals surface area (Å²) in [4.78, 5) is 15.7. The predicted molar refractivity (Wildman–Crippen MR) is 105 cm³/mol. The fourth-order valence-electron chi connectivity index (χ4n) is 3.10. The van der Waals surface area contributed by atoms with Gasteiger partial charge in [-0.15, -0.1) is 0 Å². The summed E-state index contributed by atoms with van der Waals surface area (Å²) in [5, 5.41) is 9.16. The number of aliphatic imine (C=N–C) groups is 1. The predicted octanol–water partition coefficient (Wildman–Crippen LogP) is 5.16. The van der Waals surface area contributed by atoms with Crippen molar-refractivity contribution < 1.29 is 9.90 Å². The van der Waals surface area contributed by atoms with E-state index in [0.29, 0.717) is 5.56 Å². The number of aryl methyl sites for hydroxylation is 3. The lowest BCUT2D eigenvalue weighted by molar-refractivity contribution is 0.0697. The number of nitrogens with zero attached hydrogens (tertiary/aromatic N) is 2. The van der Waals surface area contributed by atoms with Crippen molar-refractivity contribution in [2.24, 2.45) is 4.99 Å². The van der Waals surface area contributed by atoms with Crippen LogP contribution < -0.4 is 0 Å². The van der Waals surface area contributed by atoms with Crippen LogP contribution in [0.1, 0.15) is 38.4 Å². The Balaban J connectivity index is 1.98. The summed E-state index contributed by atoms with van der Waals surface area (Å²) in [6, 6.07) is 15.4. The number of hydrogen-bond acceptors (Lipinski definition) is 2. The fourth-order valence-corrected chi connectivity index (χ4v) is 3.10. The van der Waals surface area contributed by atoms with Gasteiger partial charge >= 0.3 is 5.97 Å². The number of benzene rings is 2. The Kier molecular flexibility index (Phi) is 4.76. The molecule has 3 rings (SSSR count). The summed E-state index contributed by atoms with van der Waals surface area (Å²) in [5.74, 6) is -0.911. The highest BCUT2D eigenvalue weighted by Gasteiger charge is 2.13. The van der Waals surface area contributed by atoms with Crippen molar-refractivity contribution in [3.63, 3.8) is 0 Å². The normalized spacial score (nSPS) is 11.2. The van der Waals surface area contributed by atoms with Crippen LogP contribution in [-0.2, 0) is 0 Å². The number of carboxylic acids is 1. The van der Waals surface area contributed by atoms with E-state index in [2.05, 4.69) is 22.5 Å². The van der Waals surface area contributed by atoms with Gasteiger partial charge in [-0.2, -0.15) is 0 Å². The summed E-state index contributed by atoms with van der Waals surface area (Å²) in [6.45, 7) is 8.08. The minimum Gasteiger partial charge on any atom is -0.478 e. The van der Waals surface area contributed by atoms with Crippen LogP contribution in [0.4, 0.5) is 5.69 Å². The molecule has 0 saturated heterocycles. The Bertz CT molecular complexity index is 996. The molecule has 0 radical (unpaired) electrons. The number of hydrogen-bond donors (Lipinski definition) is 1. The van der Waals surface area contributed by atoms with E-state index >= 15 is 0 Å². The summed E-state index contributed by atoms with van der Waals surface area (Å²) in [5.41, 5.74) is 7.54. The summed E-state index contributed by atoms with van der Waals surface area (Å²) < 4.78 is 2.14. The highest BCUT2D eigenvalue weighted by Crippen LogP contribution is 2.24. The maximum Gasteiger partial charge on any atom is 0.335 e. The number of aromatic carboxylic acids is 1. The molecule has 132 valence electrons. The molecule has 26 heavy (non-hydrogen) atoms. The van der Waals surface area contributed by atoms with Crippen molar-refractivity contribution in [1.82, 2.24) is 4.57 Å². The highest BCUT2D eigenvalue weighted by atomic mass is 16.4. The number of carboxylic acid groups (broad SMARTS) is 1. The quantitative estimate of drug-likeness (QED) is 0.663. The summed E-state index contributed by atoms with van der Waals surface area (Å²) in [6.07, 6.45) is 1.88. The zero-order valence-electron chi connectivity index (χ0n) is 15.4. The van der Waals surface area contributed by atoms with Crippen molar-refractivity contribution in [1.29, 1.82) is 0 Å². The lowest BCUT2D eigenvalue weighted by Gasteiger charge is -2.13. The molecule has 0 bridgehead atoms. The van der Waals surface area contributed by atoms with Crippen LogP contribution in [0.2, 0.25) is 0 Å². The summed E-state index contributed by atoms with van der Waals surface area (Å²) >= 11 is 0. The van der Waals surface area contributed by atoms with Crippen LogP contribution >= 0.6 is 0 Å². The molecule has 1 aromatic heterocycles. The SMILES string of the molecule is Cc1ccc(N=Cc2cc(C)n(-c3ccc(C(=O)O)cc3C)c2C)cc1. The molecule has 0 aliphatic carbocycles. The van der Waals surface area contributed by atoms with E-state index in [4.69, 9.17) is 5.11 Å². The topological polar surface area (TPSA) is 54.6 Å². The van der Waals surface area contributed by atoms with Crippen LogP contribution in [0.3, 0.4) is 0 Å². The molecule has 1 N–H and O–H groups in total. The zero-order chi connectivity index (χ0) is 18.8. The Morgan fingerprint density at radius 1 is 1.00 bits per heavy atom. The minimum absolute atomic E-state index is 0.301. The standard InChI is InChI=1S/C22H22N2O2/c1-14-5-8-20(9-6-14)23-13-19-12-16(3)24(17(19)4)21-10-7-18(22(25)26)11-15(21)2/h5-13H,1-4H3,(H,25,26). The monoisotopic (exact) mass is 346 g/mol. The maximum atomic E-state index is 11.2. The van der Waals surface area contributed by atoms with Crippen LogP contribution in [-0.4, -0.2) is 21.9 Å². The van der Waals surface area contributed by atoms with E-state index in [1.165, 1.54) is 5.56 Å². The number of aromatic nitrogens is 1. The van der Waals surface area contributed by atoms with Gasteiger partial charge in [-0.25, -0.2) is 4.79 Å².